The van der Waals surface area contributed by atoms with Crippen LogP contribution < -0.4 is 5.32 Å². The van der Waals surface area contributed by atoms with Crippen LogP contribution >= 0.6 is 22.6 Å². The smallest absolute Gasteiger partial charge is 0.00308 e. The number of hydrogen-bond acceptors (Lipinski definition) is 1. The van der Waals surface area contributed by atoms with Crippen molar-refractivity contribution in [2.75, 3.05) is 11.9 Å². The quantitative estimate of drug-likeness (QED) is 0.643. The molecule has 0 atom stereocenters. The van der Waals surface area contributed by atoms with E-state index in [0.717, 1.165) is 13.0 Å². The Labute approximate surface area is 119 Å². The molecule has 1 aromatic rings. The maximum Gasteiger partial charge on any atom is 0.00308 e. The molecule has 0 saturated heterocycles. The Morgan fingerprint density at radius 3 is 2.77 bits per heavy atom. The van der Waals surface area contributed by atoms with Crippen molar-refractivity contribution in [1.82, 2.24) is 0 Å². The number of rotatable bonds is 3. The Morgan fingerprint density at radius 2 is 2.23 bits per heavy atom. The molecule has 0 fully saturated rings. The van der Waals surface area contributed by atoms with Crippen LogP contribution in [0.25, 0.3) is 0 Å². The second kappa shape index (κ2) is 7.19. The molecule has 0 bridgehead atoms. The number of hydrogen-bond donors (Lipinski definition) is 1. The van der Waals surface area contributed by atoms with Crippen LogP contribution in [0.1, 0.15) is 18.9 Å². The molecule has 69 valence electrons. The minimum absolute atomic E-state index is 0. The van der Waals surface area contributed by atoms with Crippen LogP contribution in [-0.2, 0) is 32.7 Å². The van der Waals surface area contributed by atoms with E-state index >= 15 is 0 Å². The maximum atomic E-state index is 3.35. The van der Waals surface area contributed by atoms with Gasteiger partial charge in [0.05, 0.1) is 0 Å². The largest absolute Gasteiger partial charge is 0.436 e. The Balaban J connectivity index is 0.00000144. The molecule has 0 amide bonds. The maximum absolute atomic E-state index is 3.35. The predicted molar refractivity (Wildman–Crippen MR) is 61.5 cm³/mol. The van der Waals surface area contributed by atoms with Crippen LogP contribution in [0.4, 0.5) is 5.69 Å². The van der Waals surface area contributed by atoms with E-state index in [1.807, 2.05) is 6.07 Å². The third-order valence-electron chi connectivity index (χ3n) is 1.61. The molecule has 0 unspecified atom stereocenters. The first kappa shape index (κ1) is 13.9. The summed E-state index contributed by atoms with van der Waals surface area (Å²) in [4.78, 5) is 0. The van der Waals surface area contributed by atoms with Gasteiger partial charge in [0.15, 0.2) is 0 Å². The molecule has 3 heteroatoms. The number of benzene rings is 1. The molecule has 0 saturated carbocycles. The standard InChI is InChI=1S/C10H13IN.Y/c1-3-6-12-10-5-4-8(2)7-9(10)11;/h5,7,12H,3,6H2,1-2H3;/q-1;. The fourth-order valence-electron chi connectivity index (χ4n) is 0.960. The molecular formula is C10H13INY-. The van der Waals surface area contributed by atoms with Gasteiger partial charge in [-0.3, -0.25) is 0 Å². The zero-order chi connectivity index (χ0) is 8.97. The van der Waals surface area contributed by atoms with Crippen LogP contribution in [0.3, 0.4) is 0 Å². The van der Waals surface area contributed by atoms with Gasteiger partial charge in [-0.25, -0.2) is 0 Å². The summed E-state index contributed by atoms with van der Waals surface area (Å²) < 4.78 is 1.28. The monoisotopic (exact) mass is 363 g/mol. The number of nitrogens with one attached hydrogen (secondary N) is 1. The van der Waals surface area contributed by atoms with E-state index in [0.29, 0.717) is 0 Å². The summed E-state index contributed by atoms with van der Waals surface area (Å²) in [5, 5.41) is 3.35. The summed E-state index contributed by atoms with van der Waals surface area (Å²) in [5.41, 5.74) is 2.39. The summed E-state index contributed by atoms with van der Waals surface area (Å²) in [7, 11) is 0. The first-order valence-corrected chi connectivity index (χ1v) is 5.23. The normalized spacial score (nSPS) is 9.15. The van der Waals surface area contributed by atoms with E-state index in [1.165, 1.54) is 14.8 Å². The van der Waals surface area contributed by atoms with Gasteiger partial charge in [0, 0.05) is 39.3 Å². The van der Waals surface area contributed by atoms with E-state index in [1.54, 1.807) is 0 Å². The van der Waals surface area contributed by atoms with Crippen molar-refractivity contribution in [3.05, 3.63) is 27.3 Å². The van der Waals surface area contributed by atoms with Gasteiger partial charge < -0.3 is 5.32 Å². The van der Waals surface area contributed by atoms with Gasteiger partial charge in [-0.05, 0) is 6.42 Å². The van der Waals surface area contributed by atoms with Gasteiger partial charge in [-0.15, -0.1) is 0 Å². The molecule has 1 rings (SSSR count). The molecule has 1 nitrogen and oxygen atoms in total. The minimum Gasteiger partial charge on any atom is -0.436 e. The SMILES string of the molecule is CCCNc1c[c-]c(C)cc1I.[Y]. The average Bonchev–Trinajstić information content (AvgIpc) is 2.03. The number of halogens is 1. The Hall–Kier alpha value is 0.854. The zero-order valence-corrected chi connectivity index (χ0v) is 13.0. The zero-order valence-electron chi connectivity index (χ0n) is 8.02. The second-order valence-corrected chi connectivity index (χ2v) is 3.97. The molecule has 0 aliphatic rings. The Bertz CT molecular complexity index is 263. The fraction of sp³-hybridized carbons (Fsp3) is 0.400. The van der Waals surface area contributed by atoms with Crippen LogP contribution in [0.5, 0.6) is 0 Å². The van der Waals surface area contributed by atoms with Gasteiger partial charge in [0.1, 0.15) is 0 Å². The topological polar surface area (TPSA) is 12.0 Å². The molecule has 0 aromatic heterocycles. The molecule has 0 aliphatic carbocycles. The third kappa shape index (κ3) is 4.75. The summed E-state index contributed by atoms with van der Waals surface area (Å²) in [5.74, 6) is 0. The fourth-order valence-corrected chi connectivity index (χ4v) is 1.77. The molecule has 13 heavy (non-hydrogen) atoms. The van der Waals surface area contributed by atoms with E-state index in [9.17, 15) is 0 Å². The van der Waals surface area contributed by atoms with Gasteiger partial charge in [-0.1, -0.05) is 45.7 Å². The van der Waals surface area contributed by atoms with Crippen LogP contribution in [0.15, 0.2) is 12.1 Å². The molecular weight excluding hydrogens is 350 g/mol. The van der Waals surface area contributed by atoms with Crippen molar-refractivity contribution >= 4 is 28.3 Å². The van der Waals surface area contributed by atoms with Crippen molar-refractivity contribution in [2.45, 2.75) is 20.3 Å². The van der Waals surface area contributed by atoms with Crippen molar-refractivity contribution in [3.63, 3.8) is 0 Å². The first-order chi connectivity index (χ1) is 5.74. The molecule has 1 radical (unpaired) electrons. The minimum atomic E-state index is 0. The van der Waals surface area contributed by atoms with E-state index < -0.39 is 0 Å². The molecule has 0 spiro atoms. The van der Waals surface area contributed by atoms with Crippen LogP contribution in [-0.4, -0.2) is 6.54 Å². The van der Waals surface area contributed by atoms with E-state index in [4.69, 9.17) is 0 Å². The predicted octanol–water partition coefficient (Wildman–Crippen LogP) is 3.22. The Morgan fingerprint density at radius 1 is 1.54 bits per heavy atom. The van der Waals surface area contributed by atoms with Crippen molar-refractivity contribution in [3.8, 4) is 0 Å². The number of aryl methyl sites for hydroxylation is 1. The Kier molecular flexibility index (Phi) is 7.66. The molecule has 0 heterocycles. The summed E-state index contributed by atoms with van der Waals surface area (Å²) in [6.07, 6.45) is 1.16. The van der Waals surface area contributed by atoms with Gasteiger partial charge in [0.25, 0.3) is 0 Å². The van der Waals surface area contributed by atoms with Gasteiger partial charge in [-0.2, -0.15) is 23.8 Å². The van der Waals surface area contributed by atoms with Crippen molar-refractivity contribution < 1.29 is 32.7 Å². The van der Waals surface area contributed by atoms with Gasteiger partial charge in [0.2, 0.25) is 0 Å². The molecule has 1 N–H and O–H groups in total. The second-order valence-electron chi connectivity index (χ2n) is 2.80. The van der Waals surface area contributed by atoms with Crippen LogP contribution in [0.2, 0.25) is 0 Å². The van der Waals surface area contributed by atoms with E-state index in [-0.39, 0.29) is 32.7 Å². The first-order valence-electron chi connectivity index (χ1n) is 4.15. The summed E-state index contributed by atoms with van der Waals surface area (Å²) in [6, 6.07) is 7.34. The number of anilines is 1. The van der Waals surface area contributed by atoms with Gasteiger partial charge >= 0.3 is 0 Å². The average molecular weight is 363 g/mol. The summed E-state index contributed by atoms with van der Waals surface area (Å²) >= 11 is 2.34. The third-order valence-corrected chi connectivity index (χ3v) is 2.50. The van der Waals surface area contributed by atoms with Crippen molar-refractivity contribution in [2.24, 2.45) is 0 Å². The summed E-state index contributed by atoms with van der Waals surface area (Å²) in [6.45, 7) is 5.26. The molecule has 0 aliphatic heterocycles. The molecule has 1 aromatic carbocycles. The van der Waals surface area contributed by atoms with Crippen LogP contribution in [0, 0.1) is 16.6 Å². The van der Waals surface area contributed by atoms with Crippen molar-refractivity contribution in [1.29, 1.82) is 0 Å². The van der Waals surface area contributed by atoms with E-state index in [2.05, 4.69) is 53.9 Å².